The van der Waals surface area contributed by atoms with Gasteiger partial charge in [-0.15, -0.1) is 0 Å². The summed E-state index contributed by atoms with van der Waals surface area (Å²) in [7, 11) is 1.63. The molecule has 0 heterocycles. The summed E-state index contributed by atoms with van der Waals surface area (Å²) < 4.78 is 26.9. The van der Waals surface area contributed by atoms with E-state index in [2.05, 4.69) is 6.92 Å². The van der Waals surface area contributed by atoms with Crippen molar-refractivity contribution in [2.75, 3.05) is 40.1 Å². The maximum Gasteiger partial charge on any atom is 0.197 e. The van der Waals surface area contributed by atoms with E-state index in [4.69, 9.17) is 23.7 Å². The number of ether oxygens (including phenoxy) is 5. The molecule has 0 aliphatic heterocycles. The van der Waals surface area contributed by atoms with E-state index in [0.717, 1.165) is 24.5 Å². The van der Waals surface area contributed by atoms with Crippen LogP contribution < -0.4 is 9.47 Å². The Hall–Kier alpha value is -1.30. The van der Waals surface area contributed by atoms with Gasteiger partial charge < -0.3 is 23.7 Å². The molecule has 0 spiro atoms. The van der Waals surface area contributed by atoms with E-state index < -0.39 is 0 Å². The normalized spacial score (nSPS) is 12.1. The van der Waals surface area contributed by atoms with E-state index >= 15 is 0 Å². The first-order valence-corrected chi connectivity index (χ1v) is 7.34. The molecule has 0 saturated heterocycles. The fourth-order valence-corrected chi connectivity index (χ4v) is 1.62. The zero-order chi connectivity index (χ0) is 15.3. The SMILES string of the molecule is CCCOCCOCCO[C@@H](C)Oc1ccc(OC)cc1. The lowest BCUT2D eigenvalue weighted by molar-refractivity contribution is -0.0860. The average Bonchev–Trinajstić information content (AvgIpc) is 2.50. The summed E-state index contributed by atoms with van der Waals surface area (Å²) in [5.74, 6) is 1.55. The molecule has 0 bridgehead atoms. The Kier molecular flexibility index (Phi) is 9.61. The van der Waals surface area contributed by atoms with Crippen molar-refractivity contribution in [2.45, 2.75) is 26.6 Å². The first-order chi connectivity index (χ1) is 10.3. The summed E-state index contributed by atoms with van der Waals surface area (Å²) in [6, 6.07) is 7.39. The number of benzene rings is 1. The number of hydrogen-bond acceptors (Lipinski definition) is 5. The quantitative estimate of drug-likeness (QED) is 0.438. The van der Waals surface area contributed by atoms with E-state index in [0.29, 0.717) is 26.4 Å². The summed E-state index contributed by atoms with van der Waals surface area (Å²) in [6.07, 6.45) is 0.710. The predicted octanol–water partition coefficient (Wildman–Crippen LogP) is 2.88. The minimum absolute atomic E-state index is 0.321. The standard InChI is InChI=1S/C16H26O5/c1-4-9-18-10-11-19-12-13-20-14(2)21-16-7-5-15(17-3)6-8-16/h5-8,14H,4,9-13H2,1-3H3/t14-/m1/s1. The monoisotopic (exact) mass is 298 g/mol. The summed E-state index contributed by atoms with van der Waals surface area (Å²) >= 11 is 0. The zero-order valence-electron chi connectivity index (χ0n) is 13.2. The van der Waals surface area contributed by atoms with Gasteiger partial charge in [-0.3, -0.25) is 0 Å². The highest BCUT2D eigenvalue weighted by Gasteiger charge is 2.04. The van der Waals surface area contributed by atoms with Crippen molar-refractivity contribution < 1.29 is 23.7 Å². The molecule has 0 aliphatic rings. The van der Waals surface area contributed by atoms with Crippen molar-refractivity contribution in [2.24, 2.45) is 0 Å². The molecule has 0 aliphatic carbocycles. The smallest absolute Gasteiger partial charge is 0.197 e. The highest BCUT2D eigenvalue weighted by atomic mass is 16.7. The van der Waals surface area contributed by atoms with Crippen molar-refractivity contribution in [1.29, 1.82) is 0 Å². The maximum absolute atomic E-state index is 5.62. The second-order valence-corrected chi connectivity index (χ2v) is 4.46. The lowest BCUT2D eigenvalue weighted by atomic mass is 10.3. The van der Waals surface area contributed by atoms with Gasteiger partial charge in [0.1, 0.15) is 11.5 Å². The largest absolute Gasteiger partial charge is 0.497 e. The van der Waals surface area contributed by atoms with Crippen LogP contribution in [-0.4, -0.2) is 46.4 Å². The number of hydrogen-bond donors (Lipinski definition) is 0. The molecule has 0 N–H and O–H groups in total. The fourth-order valence-electron chi connectivity index (χ4n) is 1.62. The molecule has 0 aromatic heterocycles. The van der Waals surface area contributed by atoms with E-state index in [-0.39, 0.29) is 6.29 Å². The van der Waals surface area contributed by atoms with Crippen LogP contribution in [0.2, 0.25) is 0 Å². The lowest BCUT2D eigenvalue weighted by Crippen LogP contribution is -2.19. The maximum atomic E-state index is 5.62. The van der Waals surface area contributed by atoms with Gasteiger partial charge in [-0.25, -0.2) is 0 Å². The molecule has 5 heteroatoms. The third kappa shape index (κ3) is 8.55. The molecular formula is C16H26O5. The van der Waals surface area contributed by atoms with Gasteiger partial charge in [0, 0.05) is 6.61 Å². The molecule has 1 aromatic rings. The van der Waals surface area contributed by atoms with E-state index in [1.54, 1.807) is 7.11 Å². The summed E-state index contributed by atoms with van der Waals surface area (Å²) in [5, 5.41) is 0. The van der Waals surface area contributed by atoms with Crippen molar-refractivity contribution in [3.05, 3.63) is 24.3 Å². The molecule has 1 rings (SSSR count). The van der Waals surface area contributed by atoms with Crippen LogP contribution in [0.1, 0.15) is 20.3 Å². The topological polar surface area (TPSA) is 46.2 Å². The molecular weight excluding hydrogens is 272 g/mol. The second kappa shape index (κ2) is 11.4. The van der Waals surface area contributed by atoms with Gasteiger partial charge in [-0.05, 0) is 37.6 Å². The number of rotatable bonds is 12. The summed E-state index contributed by atoms with van der Waals surface area (Å²) in [6.45, 7) is 6.97. The Morgan fingerprint density at radius 3 is 2.05 bits per heavy atom. The molecule has 5 nitrogen and oxygen atoms in total. The summed E-state index contributed by atoms with van der Waals surface area (Å²) in [5.41, 5.74) is 0. The van der Waals surface area contributed by atoms with Crippen molar-refractivity contribution in [1.82, 2.24) is 0 Å². The lowest BCUT2D eigenvalue weighted by Gasteiger charge is -2.15. The zero-order valence-corrected chi connectivity index (χ0v) is 13.2. The van der Waals surface area contributed by atoms with Crippen LogP contribution in [-0.2, 0) is 14.2 Å². The average molecular weight is 298 g/mol. The van der Waals surface area contributed by atoms with Gasteiger partial charge in [0.2, 0.25) is 0 Å². The molecule has 0 saturated carbocycles. The third-order valence-electron chi connectivity index (χ3n) is 2.66. The number of methoxy groups -OCH3 is 1. The van der Waals surface area contributed by atoms with Gasteiger partial charge >= 0.3 is 0 Å². The Morgan fingerprint density at radius 1 is 0.857 bits per heavy atom. The fraction of sp³-hybridized carbons (Fsp3) is 0.625. The first kappa shape index (κ1) is 17.8. The van der Waals surface area contributed by atoms with Crippen molar-refractivity contribution in [3.8, 4) is 11.5 Å². The molecule has 120 valence electrons. The molecule has 1 aromatic carbocycles. The van der Waals surface area contributed by atoms with Gasteiger partial charge in [0.15, 0.2) is 6.29 Å². The molecule has 21 heavy (non-hydrogen) atoms. The van der Waals surface area contributed by atoms with Gasteiger partial charge in [-0.1, -0.05) is 6.92 Å². The molecule has 0 unspecified atom stereocenters. The highest BCUT2D eigenvalue weighted by Crippen LogP contribution is 2.18. The van der Waals surface area contributed by atoms with Crippen LogP contribution in [0.3, 0.4) is 0 Å². The van der Waals surface area contributed by atoms with Crippen LogP contribution in [0, 0.1) is 0 Å². The minimum Gasteiger partial charge on any atom is -0.497 e. The van der Waals surface area contributed by atoms with Crippen LogP contribution in [0.5, 0.6) is 11.5 Å². The highest BCUT2D eigenvalue weighted by molar-refractivity contribution is 5.31. The van der Waals surface area contributed by atoms with E-state index in [9.17, 15) is 0 Å². The van der Waals surface area contributed by atoms with Gasteiger partial charge in [0.25, 0.3) is 0 Å². The molecule has 1 atom stereocenters. The van der Waals surface area contributed by atoms with Crippen LogP contribution in [0.4, 0.5) is 0 Å². The van der Waals surface area contributed by atoms with Crippen LogP contribution in [0.15, 0.2) is 24.3 Å². The third-order valence-corrected chi connectivity index (χ3v) is 2.66. The molecule has 0 amide bonds. The predicted molar refractivity (Wildman–Crippen MR) is 81.0 cm³/mol. The van der Waals surface area contributed by atoms with E-state index in [1.165, 1.54) is 0 Å². The van der Waals surface area contributed by atoms with Crippen molar-refractivity contribution in [3.63, 3.8) is 0 Å². The van der Waals surface area contributed by atoms with Gasteiger partial charge in [0.05, 0.1) is 33.5 Å². The van der Waals surface area contributed by atoms with Crippen LogP contribution >= 0.6 is 0 Å². The van der Waals surface area contributed by atoms with Crippen molar-refractivity contribution >= 4 is 0 Å². The Bertz CT molecular complexity index is 352. The van der Waals surface area contributed by atoms with E-state index in [1.807, 2.05) is 31.2 Å². The second-order valence-electron chi connectivity index (χ2n) is 4.46. The van der Waals surface area contributed by atoms with Gasteiger partial charge in [-0.2, -0.15) is 0 Å². The first-order valence-electron chi connectivity index (χ1n) is 7.34. The Balaban J connectivity index is 2.04. The summed E-state index contributed by atoms with van der Waals surface area (Å²) in [4.78, 5) is 0. The molecule has 0 radical (unpaired) electrons. The molecule has 0 fully saturated rings. The Morgan fingerprint density at radius 2 is 1.43 bits per heavy atom. The Labute approximate surface area is 127 Å². The van der Waals surface area contributed by atoms with Crippen LogP contribution in [0.25, 0.3) is 0 Å². The minimum atomic E-state index is -0.321.